The van der Waals surface area contributed by atoms with Crippen LogP contribution in [0.1, 0.15) is 10.4 Å². The topological polar surface area (TPSA) is 33.8 Å². The summed E-state index contributed by atoms with van der Waals surface area (Å²) in [5.41, 5.74) is -13.5. The molecule has 0 bridgehead atoms. The van der Waals surface area contributed by atoms with Gasteiger partial charge in [-0.1, -0.05) is 48.5 Å². The first-order valence-electron chi connectivity index (χ1n) is 19.9. The lowest BCUT2D eigenvalue weighted by Crippen LogP contribution is -2.81. The maximum Gasteiger partial charge on any atom is 0.228 e. The van der Waals surface area contributed by atoms with Gasteiger partial charge in [0.05, 0.1) is 12.4 Å². The Hall–Kier alpha value is -8.05. The van der Waals surface area contributed by atoms with Gasteiger partial charge in [0.2, 0.25) is 12.3 Å². The van der Waals surface area contributed by atoms with E-state index in [2.05, 4.69) is 41.4 Å². The number of benzene rings is 8. The van der Waals surface area contributed by atoms with Gasteiger partial charge in [0.25, 0.3) is 0 Å². The van der Waals surface area contributed by atoms with Crippen LogP contribution in [0.3, 0.4) is 0 Å². The number of ketones is 1. The summed E-state index contributed by atoms with van der Waals surface area (Å²) in [4.78, 5) is 17.4. The summed E-state index contributed by atoms with van der Waals surface area (Å²) in [6.07, 6.45) is -0.184. The summed E-state index contributed by atoms with van der Waals surface area (Å²) < 4.78 is 296. The molecule has 0 aliphatic carbocycles. The van der Waals surface area contributed by atoms with Crippen molar-refractivity contribution < 1.29 is 97.2 Å². The fraction of sp³-hybridized carbons (Fsp3) is 0.0208. The highest BCUT2D eigenvalue weighted by atomic mass is 19.2. The number of carbonyl (C=O) groups is 1. The Kier molecular flexibility index (Phi) is 13.0. The Morgan fingerprint density at radius 2 is 0.653 bits per heavy atom. The van der Waals surface area contributed by atoms with Crippen molar-refractivity contribution in [2.75, 3.05) is 0 Å². The molecule has 0 atom stereocenters. The largest absolute Gasteiger partial charge is 0.287 e. The third-order valence-corrected chi connectivity index (χ3v) is 11.7. The standard InChI is InChI=1S/C24BF20.C24H17N2O/c26-5-1(6(27)14(35)21(42)13(5)34)25(2-7(28)15(36)22(43)16(37)8(2)29,3-9(30)17(38)23(44)18(39)10(3)31)4-11(32)19(40)24(45)20(41)12(4)33;27-23(16-26-11-9-25-10-12-26)24-21-8-4-3-7-19(21)14-20-13-17-5-1-2-6-18(17)15-22(20)24/h;1-15H,16H2/q-1;+1. The zero-order valence-corrected chi connectivity index (χ0v) is 34.8. The summed E-state index contributed by atoms with van der Waals surface area (Å²) in [5.74, 6) is -71.3. The fourth-order valence-corrected chi connectivity index (χ4v) is 8.63. The summed E-state index contributed by atoms with van der Waals surface area (Å²) >= 11 is 0. The molecule has 368 valence electrons. The highest BCUT2D eigenvalue weighted by Crippen LogP contribution is 2.34. The summed E-state index contributed by atoms with van der Waals surface area (Å²) in [6, 6.07) is 22.9. The van der Waals surface area contributed by atoms with Gasteiger partial charge >= 0.3 is 0 Å². The Balaban J connectivity index is 0.000000217. The number of halogens is 20. The van der Waals surface area contributed by atoms with Gasteiger partial charge in [0.15, 0.2) is 82.2 Å². The van der Waals surface area contributed by atoms with Crippen LogP contribution in [-0.2, 0) is 6.54 Å². The van der Waals surface area contributed by atoms with E-state index in [0.29, 0.717) is 6.54 Å². The van der Waals surface area contributed by atoms with E-state index in [1.165, 1.54) is 5.39 Å². The lowest BCUT2D eigenvalue weighted by Gasteiger charge is -2.44. The van der Waals surface area contributed by atoms with E-state index < -0.39 is 144 Å². The van der Waals surface area contributed by atoms with E-state index in [-0.39, 0.29) is 5.78 Å². The first kappa shape index (κ1) is 50.3. The predicted octanol–water partition coefficient (Wildman–Crippen LogP) is 10.6. The third kappa shape index (κ3) is 7.61. The fourth-order valence-electron chi connectivity index (χ4n) is 8.63. The van der Waals surface area contributed by atoms with Gasteiger partial charge in [-0.3, -0.25) is 9.78 Å². The van der Waals surface area contributed by atoms with Crippen LogP contribution >= 0.6 is 0 Å². The second-order valence-electron chi connectivity index (χ2n) is 15.5. The Labute approximate surface area is 387 Å². The minimum Gasteiger partial charge on any atom is -0.287 e. The number of aromatic nitrogens is 2. The van der Waals surface area contributed by atoms with Crippen molar-refractivity contribution in [2.45, 2.75) is 6.54 Å². The molecule has 24 heteroatoms. The summed E-state index contributed by atoms with van der Waals surface area (Å²) in [7, 11) is 0. The second kappa shape index (κ2) is 18.6. The number of Topliss-reactive ketones (excluding diaryl/α,β-unsaturated/α-hetero) is 1. The molecule has 1 heterocycles. The van der Waals surface area contributed by atoms with Gasteiger partial charge in [-0.15, -0.1) is 21.9 Å². The molecule has 1 aromatic heterocycles. The Morgan fingerprint density at radius 3 is 1.01 bits per heavy atom. The molecular weight excluding hydrogens is 1010 g/mol. The number of carbonyl (C=O) groups excluding carboxylic acids is 1. The first-order chi connectivity index (χ1) is 34.0. The molecule has 9 rings (SSSR count). The molecule has 0 saturated heterocycles. The maximum absolute atomic E-state index is 15.4. The molecule has 0 aliphatic rings. The number of hydrogen-bond acceptors (Lipinski definition) is 2. The minimum atomic E-state index is -7.22. The summed E-state index contributed by atoms with van der Waals surface area (Å²) in [5, 5.41) is 6.51. The number of nitrogens with zero attached hydrogens (tertiary/aromatic N) is 2. The van der Waals surface area contributed by atoms with Crippen molar-refractivity contribution in [1.82, 2.24) is 4.98 Å². The van der Waals surface area contributed by atoms with E-state index >= 15 is 35.1 Å². The number of rotatable bonds is 7. The van der Waals surface area contributed by atoms with Gasteiger partial charge in [-0.05, 0) is 50.5 Å². The van der Waals surface area contributed by atoms with E-state index in [1.807, 2.05) is 47.3 Å². The van der Waals surface area contributed by atoms with Crippen molar-refractivity contribution >= 4 is 66.1 Å². The Bertz CT molecular complexity index is 3380. The van der Waals surface area contributed by atoms with Gasteiger partial charge in [-0.25, -0.2) is 87.8 Å². The molecule has 0 saturated carbocycles. The van der Waals surface area contributed by atoms with Crippen molar-refractivity contribution in [2.24, 2.45) is 0 Å². The zero-order chi connectivity index (χ0) is 52.6. The van der Waals surface area contributed by atoms with E-state index in [0.717, 1.165) is 32.5 Å². The molecule has 0 spiro atoms. The van der Waals surface area contributed by atoms with Gasteiger partial charge in [0.1, 0.15) is 52.7 Å². The molecule has 8 aromatic carbocycles. The molecule has 0 N–H and O–H groups in total. The van der Waals surface area contributed by atoms with Crippen LogP contribution < -0.4 is 26.4 Å². The van der Waals surface area contributed by atoms with Crippen molar-refractivity contribution in [3.8, 4) is 0 Å². The zero-order valence-electron chi connectivity index (χ0n) is 34.8. The van der Waals surface area contributed by atoms with Crippen LogP contribution in [0.25, 0.3) is 32.3 Å². The smallest absolute Gasteiger partial charge is 0.228 e. The van der Waals surface area contributed by atoms with Crippen LogP contribution in [0.2, 0.25) is 0 Å². The van der Waals surface area contributed by atoms with Crippen molar-refractivity contribution in [3.63, 3.8) is 0 Å². The highest BCUT2D eigenvalue weighted by Gasteiger charge is 2.52. The van der Waals surface area contributed by atoms with Crippen molar-refractivity contribution in [3.05, 3.63) is 213 Å². The molecule has 0 fully saturated rings. The first-order valence-corrected chi connectivity index (χ1v) is 19.9. The van der Waals surface area contributed by atoms with Crippen molar-refractivity contribution in [1.29, 1.82) is 0 Å². The van der Waals surface area contributed by atoms with E-state index in [9.17, 15) is 57.5 Å². The van der Waals surface area contributed by atoms with Crippen LogP contribution in [0, 0.1) is 116 Å². The predicted molar refractivity (Wildman–Crippen MR) is 217 cm³/mol. The molecule has 0 amide bonds. The lowest BCUT2D eigenvalue weighted by molar-refractivity contribution is -0.683. The molecule has 9 aromatic rings. The number of hydrogen-bond donors (Lipinski definition) is 0. The molecule has 0 unspecified atom stereocenters. The third-order valence-electron chi connectivity index (χ3n) is 11.7. The SMILES string of the molecule is Fc1c(F)c(F)c([B-](c2c(F)c(F)c(F)c(F)c2F)(c2c(F)c(F)c(F)c(F)c2F)c2c(F)c(F)c(F)c(F)c2F)c(F)c1F.O=C(C[n+]1ccncc1)c1c2ccccc2cc2cc3ccccc3cc12. The normalized spacial score (nSPS) is 11.7. The van der Waals surface area contributed by atoms with Crippen LogP contribution in [-0.4, -0.2) is 16.9 Å². The average molecular weight is 1030 g/mol. The minimum absolute atomic E-state index is 0.100. The van der Waals surface area contributed by atoms with Gasteiger partial charge in [0, 0.05) is 5.56 Å². The van der Waals surface area contributed by atoms with Crippen LogP contribution in [0.15, 0.2) is 91.5 Å². The van der Waals surface area contributed by atoms with Crippen LogP contribution in [0.5, 0.6) is 0 Å². The van der Waals surface area contributed by atoms with E-state index in [4.69, 9.17) is 0 Å². The average Bonchev–Trinajstić information content (AvgIpc) is 3.37. The molecule has 0 aliphatic heterocycles. The number of fused-ring (bicyclic) bond motifs is 3. The lowest BCUT2D eigenvalue weighted by atomic mass is 9.12. The summed E-state index contributed by atoms with van der Waals surface area (Å²) in [6.45, 7) is 0.290. The monoisotopic (exact) mass is 1030 g/mol. The van der Waals surface area contributed by atoms with Gasteiger partial charge in [-0.2, -0.15) is 4.57 Å². The molecule has 72 heavy (non-hydrogen) atoms. The molecular formula is C48H17BF20N2O. The second-order valence-corrected chi connectivity index (χ2v) is 15.5. The highest BCUT2D eigenvalue weighted by molar-refractivity contribution is 7.20. The Morgan fingerprint density at radius 1 is 0.361 bits per heavy atom. The van der Waals surface area contributed by atoms with Gasteiger partial charge < -0.3 is 0 Å². The molecule has 3 nitrogen and oxygen atoms in total. The quantitative estimate of drug-likeness (QED) is 0.0303. The molecule has 0 radical (unpaired) electrons. The maximum atomic E-state index is 15.4. The van der Waals surface area contributed by atoms with E-state index in [1.54, 1.807) is 12.4 Å². The van der Waals surface area contributed by atoms with Crippen LogP contribution in [0.4, 0.5) is 87.8 Å².